The van der Waals surface area contributed by atoms with Crippen LogP contribution in [0.5, 0.6) is 5.75 Å². The number of rotatable bonds is 4. The Morgan fingerprint density at radius 3 is 2.40 bits per heavy atom. The van der Waals surface area contributed by atoms with Gasteiger partial charge in [0.15, 0.2) is 6.10 Å². The van der Waals surface area contributed by atoms with Crippen molar-refractivity contribution in [2.75, 3.05) is 6.61 Å². The molecule has 0 saturated carbocycles. The van der Waals surface area contributed by atoms with Gasteiger partial charge in [0.25, 0.3) is 0 Å². The Kier molecular flexibility index (Phi) is 5.14. The first-order valence-electron chi connectivity index (χ1n) is 6.54. The van der Waals surface area contributed by atoms with Gasteiger partial charge in [0.2, 0.25) is 0 Å². The quantitative estimate of drug-likeness (QED) is 0.731. The largest absolute Gasteiger partial charge is 0.508 e. The third-order valence-corrected chi connectivity index (χ3v) is 3.04. The molecule has 20 heavy (non-hydrogen) atoms. The molecule has 3 N–H and O–H groups in total. The molecule has 1 rings (SSSR count). The fraction of sp³-hybridized carbons (Fsp3) is 0.533. The number of esters is 1. The molecule has 0 aromatic heterocycles. The molecule has 2 atom stereocenters. The van der Waals surface area contributed by atoms with Crippen LogP contribution in [0.2, 0.25) is 0 Å². The molecule has 0 aliphatic rings. The lowest BCUT2D eigenvalue weighted by Crippen LogP contribution is -2.30. The van der Waals surface area contributed by atoms with E-state index in [2.05, 4.69) is 4.74 Å². The molecule has 0 heterocycles. The van der Waals surface area contributed by atoms with Gasteiger partial charge in [-0.15, -0.1) is 0 Å². The molecule has 0 radical (unpaired) electrons. The Morgan fingerprint density at radius 1 is 1.30 bits per heavy atom. The lowest BCUT2D eigenvalue weighted by molar-refractivity contribution is -0.159. The average Bonchev–Trinajstić information content (AvgIpc) is 2.36. The van der Waals surface area contributed by atoms with Crippen molar-refractivity contribution in [3.63, 3.8) is 0 Å². The second-order valence-corrected chi connectivity index (χ2v) is 5.67. The van der Waals surface area contributed by atoms with E-state index in [1.807, 2.05) is 20.8 Å². The highest BCUT2D eigenvalue weighted by atomic mass is 16.5. The summed E-state index contributed by atoms with van der Waals surface area (Å²) in [5, 5.41) is 29.6. The van der Waals surface area contributed by atoms with E-state index in [0.29, 0.717) is 0 Å². The van der Waals surface area contributed by atoms with Crippen molar-refractivity contribution in [1.29, 1.82) is 0 Å². The predicted octanol–water partition coefficient (Wildman–Crippen LogP) is 1.65. The fourth-order valence-corrected chi connectivity index (χ4v) is 1.78. The van der Waals surface area contributed by atoms with Crippen LogP contribution in [0.4, 0.5) is 0 Å². The zero-order chi connectivity index (χ0) is 15.5. The molecule has 0 fully saturated rings. The molecule has 2 unspecified atom stereocenters. The summed E-state index contributed by atoms with van der Waals surface area (Å²) < 4.78 is 4.65. The molecule has 0 aliphatic carbocycles. The number of phenolic OH excluding ortho intramolecular Hbond substituents is 1. The van der Waals surface area contributed by atoms with Crippen molar-refractivity contribution >= 4 is 5.97 Å². The smallest absolute Gasteiger partial charge is 0.338 e. The van der Waals surface area contributed by atoms with E-state index >= 15 is 0 Å². The molecule has 0 amide bonds. The molecule has 5 heteroatoms. The number of aliphatic hydroxyl groups excluding tert-OH is 2. The lowest BCUT2D eigenvalue weighted by atomic mass is 9.85. The molecule has 112 valence electrons. The average molecular weight is 282 g/mol. The van der Waals surface area contributed by atoms with Gasteiger partial charge in [-0.25, -0.2) is 4.79 Å². The standard InChI is InChI=1S/C15H22O5/c1-5-20-14(19)13(18)12(17)10-8-9(15(2,3)4)6-7-11(10)16/h6-8,12-13,16-18H,5H2,1-4H3. The Balaban J connectivity index is 3.09. The third kappa shape index (κ3) is 3.71. The molecule has 0 spiro atoms. The van der Waals surface area contributed by atoms with Gasteiger partial charge in [-0.1, -0.05) is 26.8 Å². The van der Waals surface area contributed by atoms with Gasteiger partial charge < -0.3 is 20.1 Å². The number of hydrogen-bond donors (Lipinski definition) is 3. The van der Waals surface area contributed by atoms with Gasteiger partial charge >= 0.3 is 5.97 Å². The van der Waals surface area contributed by atoms with Crippen LogP contribution >= 0.6 is 0 Å². The number of carbonyl (C=O) groups is 1. The summed E-state index contributed by atoms with van der Waals surface area (Å²) in [4.78, 5) is 11.4. The van der Waals surface area contributed by atoms with Crippen molar-refractivity contribution in [1.82, 2.24) is 0 Å². The zero-order valence-electron chi connectivity index (χ0n) is 12.3. The summed E-state index contributed by atoms with van der Waals surface area (Å²) in [7, 11) is 0. The Morgan fingerprint density at radius 2 is 1.90 bits per heavy atom. The second kappa shape index (κ2) is 6.24. The van der Waals surface area contributed by atoms with Crippen molar-refractivity contribution in [3.8, 4) is 5.75 Å². The van der Waals surface area contributed by atoms with E-state index in [4.69, 9.17) is 0 Å². The first-order valence-corrected chi connectivity index (χ1v) is 6.54. The predicted molar refractivity (Wildman–Crippen MR) is 74.4 cm³/mol. The van der Waals surface area contributed by atoms with Crippen LogP contribution in [0.25, 0.3) is 0 Å². The molecule has 1 aromatic rings. The van der Waals surface area contributed by atoms with Crippen molar-refractivity contribution in [2.24, 2.45) is 0 Å². The van der Waals surface area contributed by atoms with Gasteiger partial charge in [-0.3, -0.25) is 0 Å². The van der Waals surface area contributed by atoms with Crippen molar-refractivity contribution in [3.05, 3.63) is 29.3 Å². The summed E-state index contributed by atoms with van der Waals surface area (Å²) in [5.41, 5.74) is 0.801. The molecular formula is C15H22O5. The fourth-order valence-electron chi connectivity index (χ4n) is 1.78. The Labute approximate surface area is 118 Å². The Bertz CT molecular complexity index is 476. The summed E-state index contributed by atoms with van der Waals surface area (Å²) in [5.74, 6) is -1.09. The van der Waals surface area contributed by atoms with E-state index in [1.165, 1.54) is 6.07 Å². The molecule has 0 saturated heterocycles. The van der Waals surface area contributed by atoms with Gasteiger partial charge in [-0.2, -0.15) is 0 Å². The first-order chi connectivity index (χ1) is 9.18. The first kappa shape index (κ1) is 16.5. The zero-order valence-corrected chi connectivity index (χ0v) is 12.3. The van der Waals surface area contributed by atoms with Crippen molar-refractivity contribution < 1.29 is 24.9 Å². The maximum Gasteiger partial charge on any atom is 0.338 e. The summed E-state index contributed by atoms with van der Waals surface area (Å²) >= 11 is 0. The van der Waals surface area contributed by atoms with Gasteiger partial charge in [0, 0.05) is 5.56 Å². The van der Waals surface area contributed by atoms with Crippen LogP contribution in [-0.2, 0) is 14.9 Å². The van der Waals surface area contributed by atoms with Crippen LogP contribution in [0.3, 0.4) is 0 Å². The van der Waals surface area contributed by atoms with Gasteiger partial charge in [0.1, 0.15) is 11.9 Å². The van der Waals surface area contributed by atoms with Gasteiger partial charge in [0.05, 0.1) is 6.61 Å². The topological polar surface area (TPSA) is 87.0 Å². The minimum atomic E-state index is -1.73. The summed E-state index contributed by atoms with van der Waals surface area (Å²) in [6, 6.07) is 4.77. The van der Waals surface area contributed by atoms with Crippen LogP contribution in [0.1, 0.15) is 44.9 Å². The van der Waals surface area contributed by atoms with Crippen LogP contribution in [0.15, 0.2) is 18.2 Å². The van der Waals surface area contributed by atoms with Crippen molar-refractivity contribution in [2.45, 2.75) is 45.3 Å². The minimum Gasteiger partial charge on any atom is -0.508 e. The number of carbonyl (C=O) groups excluding carboxylic acids is 1. The Hall–Kier alpha value is -1.59. The highest BCUT2D eigenvalue weighted by molar-refractivity contribution is 5.75. The third-order valence-electron chi connectivity index (χ3n) is 3.04. The van der Waals surface area contributed by atoms with E-state index in [9.17, 15) is 20.1 Å². The van der Waals surface area contributed by atoms with E-state index < -0.39 is 18.2 Å². The molecule has 1 aromatic carbocycles. The summed E-state index contributed by atoms with van der Waals surface area (Å²) in [6.45, 7) is 7.66. The van der Waals surface area contributed by atoms with Crippen LogP contribution in [0, 0.1) is 0 Å². The van der Waals surface area contributed by atoms with E-state index in [0.717, 1.165) is 5.56 Å². The molecule has 0 bridgehead atoms. The molecule has 5 nitrogen and oxygen atoms in total. The maximum atomic E-state index is 11.4. The highest BCUT2D eigenvalue weighted by Crippen LogP contribution is 2.32. The van der Waals surface area contributed by atoms with Gasteiger partial charge in [-0.05, 0) is 30.0 Å². The lowest BCUT2D eigenvalue weighted by Gasteiger charge is -2.23. The number of phenols is 1. The number of hydrogen-bond acceptors (Lipinski definition) is 5. The molecular weight excluding hydrogens is 260 g/mol. The second-order valence-electron chi connectivity index (χ2n) is 5.67. The minimum absolute atomic E-state index is 0.108. The van der Waals surface area contributed by atoms with Crippen LogP contribution in [-0.4, -0.2) is 34.0 Å². The number of ether oxygens (including phenoxy) is 1. The normalized spacial score (nSPS) is 14.7. The van der Waals surface area contributed by atoms with Crippen LogP contribution < -0.4 is 0 Å². The maximum absolute atomic E-state index is 11.4. The number of benzene rings is 1. The highest BCUT2D eigenvalue weighted by Gasteiger charge is 2.29. The molecule has 0 aliphatic heterocycles. The number of aliphatic hydroxyl groups is 2. The SMILES string of the molecule is CCOC(=O)C(O)C(O)c1cc(C(C)(C)C)ccc1O. The summed E-state index contributed by atoms with van der Waals surface area (Å²) in [6.07, 6.45) is -3.26. The monoisotopic (exact) mass is 282 g/mol. The van der Waals surface area contributed by atoms with E-state index in [1.54, 1.807) is 19.1 Å². The number of aromatic hydroxyl groups is 1. The van der Waals surface area contributed by atoms with E-state index in [-0.39, 0.29) is 23.3 Å².